The second-order valence-electron chi connectivity index (χ2n) is 9.16. The van der Waals surface area contributed by atoms with Gasteiger partial charge >= 0.3 is 0 Å². The molecule has 2 heterocycles. The summed E-state index contributed by atoms with van der Waals surface area (Å²) in [6.45, 7) is 3.31. The third-order valence-electron chi connectivity index (χ3n) is 7.06. The van der Waals surface area contributed by atoms with Crippen molar-refractivity contribution in [1.29, 1.82) is 0 Å². The van der Waals surface area contributed by atoms with Crippen molar-refractivity contribution in [3.05, 3.63) is 60.1 Å². The van der Waals surface area contributed by atoms with Crippen LogP contribution in [0.2, 0.25) is 0 Å². The predicted molar refractivity (Wildman–Crippen MR) is 131 cm³/mol. The van der Waals surface area contributed by atoms with Crippen molar-refractivity contribution >= 4 is 28.8 Å². The quantitative estimate of drug-likeness (QED) is 0.638. The maximum atomic E-state index is 13.3. The molecule has 3 aliphatic rings. The molecule has 1 saturated heterocycles. The molecule has 1 fully saturated rings. The number of carbonyl (C=O) groups excluding carboxylic acids is 1. The fraction of sp³-hybridized carbons (Fsp3) is 0.462. The van der Waals surface area contributed by atoms with Gasteiger partial charge in [-0.05, 0) is 56.2 Å². The van der Waals surface area contributed by atoms with Crippen molar-refractivity contribution in [1.82, 2.24) is 19.5 Å². The molecule has 174 valence electrons. The van der Waals surface area contributed by atoms with Crippen LogP contribution in [0.25, 0.3) is 10.9 Å². The van der Waals surface area contributed by atoms with Crippen LogP contribution in [0.5, 0.6) is 0 Å². The highest BCUT2D eigenvalue weighted by atomic mass is 32.2. The van der Waals surface area contributed by atoms with Crippen LogP contribution in [0, 0.1) is 0 Å². The topological polar surface area (TPSA) is 48.5 Å². The van der Waals surface area contributed by atoms with Crippen LogP contribution >= 0.6 is 11.9 Å². The maximum absolute atomic E-state index is 13.3. The molecule has 0 spiro atoms. The third kappa shape index (κ3) is 5.31. The molecule has 1 amide bonds. The van der Waals surface area contributed by atoms with E-state index in [0.29, 0.717) is 18.5 Å². The SMILES string of the molecule is O=C(C1=CC[C@@H](NSc2cccc3cccnc23)CC1)N1CCN([C@@H]2CC=C(F)CC2)CC1. The smallest absolute Gasteiger partial charge is 0.249 e. The number of piperazine rings is 1. The first kappa shape index (κ1) is 22.6. The molecule has 0 unspecified atom stereocenters. The molecule has 5 nitrogen and oxygen atoms in total. The van der Waals surface area contributed by atoms with Gasteiger partial charge in [0.25, 0.3) is 0 Å². The number of nitrogens with one attached hydrogen (secondary N) is 1. The lowest BCUT2D eigenvalue weighted by atomic mass is 9.94. The zero-order chi connectivity index (χ0) is 22.6. The highest BCUT2D eigenvalue weighted by Crippen LogP contribution is 2.28. The van der Waals surface area contributed by atoms with Gasteiger partial charge in [-0.15, -0.1) is 0 Å². The van der Waals surface area contributed by atoms with Crippen molar-refractivity contribution in [2.75, 3.05) is 26.2 Å². The number of nitrogens with zero attached hydrogens (tertiary/aromatic N) is 3. The Morgan fingerprint density at radius 3 is 2.64 bits per heavy atom. The maximum Gasteiger partial charge on any atom is 0.249 e. The fourth-order valence-electron chi connectivity index (χ4n) is 5.05. The molecule has 0 saturated carbocycles. The molecule has 1 aliphatic heterocycles. The van der Waals surface area contributed by atoms with Gasteiger partial charge in [0.05, 0.1) is 11.3 Å². The van der Waals surface area contributed by atoms with E-state index in [-0.39, 0.29) is 11.7 Å². The summed E-state index contributed by atoms with van der Waals surface area (Å²) in [4.78, 5) is 23.2. The van der Waals surface area contributed by atoms with Gasteiger partial charge in [0.15, 0.2) is 0 Å². The van der Waals surface area contributed by atoms with Crippen LogP contribution in [-0.2, 0) is 4.79 Å². The zero-order valence-electron chi connectivity index (χ0n) is 18.9. The summed E-state index contributed by atoms with van der Waals surface area (Å²) in [6.07, 6.45) is 10.6. The van der Waals surface area contributed by atoms with Crippen molar-refractivity contribution in [3.8, 4) is 0 Å². The Balaban J connectivity index is 1.10. The van der Waals surface area contributed by atoms with E-state index < -0.39 is 0 Å². The second-order valence-corrected chi connectivity index (χ2v) is 10.0. The summed E-state index contributed by atoms with van der Waals surface area (Å²) >= 11 is 1.64. The summed E-state index contributed by atoms with van der Waals surface area (Å²) in [5.74, 6) is 0.234. The van der Waals surface area contributed by atoms with E-state index in [0.717, 1.165) is 79.7 Å². The van der Waals surface area contributed by atoms with E-state index in [1.165, 1.54) is 0 Å². The van der Waals surface area contributed by atoms with Crippen molar-refractivity contribution in [3.63, 3.8) is 0 Å². The Morgan fingerprint density at radius 1 is 1.03 bits per heavy atom. The minimum Gasteiger partial charge on any atom is -0.336 e. The fourth-order valence-corrected chi connectivity index (χ4v) is 5.98. The highest BCUT2D eigenvalue weighted by molar-refractivity contribution is 7.97. The number of hydrogen-bond acceptors (Lipinski definition) is 5. The predicted octanol–water partition coefficient (Wildman–Crippen LogP) is 4.86. The number of allylic oxidation sites excluding steroid dienone is 1. The molecule has 1 N–H and O–H groups in total. The Morgan fingerprint density at radius 2 is 1.88 bits per heavy atom. The van der Waals surface area contributed by atoms with Crippen LogP contribution in [0.3, 0.4) is 0 Å². The Kier molecular flexibility index (Phi) is 7.09. The number of carbonyl (C=O) groups is 1. The van der Waals surface area contributed by atoms with Gasteiger partial charge in [-0.1, -0.05) is 30.4 Å². The first-order valence-corrected chi connectivity index (χ1v) is 12.8. The van der Waals surface area contributed by atoms with E-state index in [1.54, 1.807) is 18.0 Å². The Labute approximate surface area is 199 Å². The molecule has 1 aromatic carbocycles. The second kappa shape index (κ2) is 10.4. The summed E-state index contributed by atoms with van der Waals surface area (Å²) in [5.41, 5.74) is 1.98. The lowest BCUT2D eigenvalue weighted by molar-refractivity contribution is -0.129. The van der Waals surface area contributed by atoms with Crippen LogP contribution in [0.15, 0.2) is 65.0 Å². The standard InChI is InChI=1S/C26H31FN4OS/c27-21-8-12-23(13-9-21)30-15-17-31(18-16-30)26(32)20-6-10-22(11-7-20)29-33-24-5-1-3-19-4-2-14-28-25(19)24/h1-6,8,14,22-23,29H,7,9-13,15-18H2/t22-,23-/m1/s1. The molecular weight excluding hydrogens is 435 g/mol. The first-order chi connectivity index (χ1) is 16.2. The molecule has 0 radical (unpaired) electrons. The first-order valence-electron chi connectivity index (χ1n) is 12.0. The largest absolute Gasteiger partial charge is 0.336 e. The van der Waals surface area contributed by atoms with Crippen molar-refractivity contribution < 1.29 is 9.18 Å². The molecule has 1 aromatic heterocycles. The van der Waals surface area contributed by atoms with Crippen LogP contribution in [-0.4, -0.2) is 59.0 Å². The van der Waals surface area contributed by atoms with E-state index in [1.807, 2.05) is 17.2 Å². The van der Waals surface area contributed by atoms with Crippen LogP contribution in [0.4, 0.5) is 4.39 Å². The summed E-state index contributed by atoms with van der Waals surface area (Å²) < 4.78 is 16.9. The third-order valence-corrected chi connectivity index (χ3v) is 8.06. The lowest BCUT2D eigenvalue weighted by Gasteiger charge is -2.40. The Bertz CT molecular complexity index is 1060. The lowest BCUT2D eigenvalue weighted by Crippen LogP contribution is -2.52. The van der Waals surface area contributed by atoms with Gasteiger partial charge in [0.1, 0.15) is 0 Å². The highest BCUT2D eigenvalue weighted by Gasteiger charge is 2.29. The normalized spacial score (nSPS) is 24.5. The minimum absolute atomic E-state index is 0.0317. The van der Waals surface area contributed by atoms with Gasteiger partial charge in [-0.3, -0.25) is 19.4 Å². The van der Waals surface area contributed by atoms with Gasteiger partial charge in [0, 0.05) is 66.7 Å². The van der Waals surface area contributed by atoms with Gasteiger partial charge in [-0.25, -0.2) is 4.39 Å². The number of benzene rings is 1. The molecule has 0 bridgehead atoms. The average molecular weight is 467 g/mol. The van der Waals surface area contributed by atoms with E-state index in [2.05, 4.69) is 44.9 Å². The molecular formula is C26H31FN4OS. The van der Waals surface area contributed by atoms with E-state index >= 15 is 0 Å². The van der Waals surface area contributed by atoms with Crippen LogP contribution in [0.1, 0.15) is 38.5 Å². The number of amides is 1. The number of hydrogen-bond donors (Lipinski definition) is 1. The number of pyridine rings is 1. The molecule has 7 heteroatoms. The summed E-state index contributed by atoms with van der Waals surface area (Å²) in [7, 11) is 0. The number of para-hydroxylation sites is 1. The number of rotatable bonds is 5. The van der Waals surface area contributed by atoms with E-state index in [9.17, 15) is 9.18 Å². The Hall–Kier alpha value is -2.22. The number of fused-ring (bicyclic) bond motifs is 1. The van der Waals surface area contributed by atoms with Crippen molar-refractivity contribution in [2.24, 2.45) is 0 Å². The molecule has 33 heavy (non-hydrogen) atoms. The molecule has 2 aromatic rings. The van der Waals surface area contributed by atoms with Gasteiger partial charge in [-0.2, -0.15) is 0 Å². The number of aromatic nitrogens is 1. The zero-order valence-corrected chi connectivity index (χ0v) is 19.7. The summed E-state index contributed by atoms with van der Waals surface area (Å²) in [6, 6.07) is 11.1. The number of halogens is 1. The average Bonchev–Trinajstić information content (AvgIpc) is 2.88. The minimum atomic E-state index is 0.0317. The monoisotopic (exact) mass is 466 g/mol. The van der Waals surface area contributed by atoms with Crippen LogP contribution < -0.4 is 4.72 Å². The molecule has 2 aliphatic carbocycles. The van der Waals surface area contributed by atoms with Crippen molar-refractivity contribution in [2.45, 2.75) is 55.5 Å². The van der Waals surface area contributed by atoms with Gasteiger partial charge < -0.3 is 4.90 Å². The molecule has 5 rings (SSSR count). The van der Waals surface area contributed by atoms with E-state index in [4.69, 9.17) is 0 Å². The summed E-state index contributed by atoms with van der Waals surface area (Å²) in [5, 5.41) is 1.15. The molecule has 2 atom stereocenters. The van der Waals surface area contributed by atoms with Gasteiger partial charge in [0.2, 0.25) is 5.91 Å².